The van der Waals surface area contributed by atoms with Crippen molar-refractivity contribution in [3.63, 3.8) is 0 Å². The lowest BCUT2D eigenvalue weighted by atomic mass is 10.0. The Balaban J connectivity index is 0.000000194. The summed E-state index contributed by atoms with van der Waals surface area (Å²) in [5, 5.41) is -0.455. The molecule has 22 heteroatoms. The number of hydrogen-bond acceptors (Lipinski definition) is 14. The Bertz CT molecular complexity index is 3410. The average Bonchev–Trinajstić information content (AvgIpc) is 3.33. The number of sulfone groups is 3. The van der Waals surface area contributed by atoms with Crippen LogP contribution in [0.2, 0.25) is 10.0 Å². The number of carbonyl (C=O) groups is 1. The number of benzene rings is 4. The first-order chi connectivity index (χ1) is 32.8. The van der Waals surface area contributed by atoms with Gasteiger partial charge in [-0.25, -0.2) is 40.2 Å². The molecule has 0 spiro atoms. The fourth-order valence-corrected chi connectivity index (χ4v) is 10.2. The zero-order valence-corrected chi connectivity index (χ0v) is 41.3. The molecule has 0 bridgehead atoms. The van der Waals surface area contributed by atoms with Gasteiger partial charge in [0.05, 0.1) is 11.5 Å². The fraction of sp³-hybridized carbons (Fsp3) is 0.213. The first-order valence-electron chi connectivity index (χ1n) is 21.0. The van der Waals surface area contributed by atoms with Crippen molar-refractivity contribution in [3.05, 3.63) is 193 Å². The van der Waals surface area contributed by atoms with Crippen molar-refractivity contribution in [2.24, 2.45) is 0 Å². The van der Waals surface area contributed by atoms with Crippen LogP contribution in [-0.2, 0) is 54.9 Å². The molecule has 17 nitrogen and oxygen atoms in total. The highest BCUT2D eigenvalue weighted by Crippen LogP contribution is 2.21. The molecule has 0 atom stereocenters. The molecule has 7 rings (SSSR count). The van der Waals surface area contributed by atoms with Crippen LogP contribution in [0.5, 0.6) is 5.75 Å². The number of Topliss-reactive ketones (excluding diaryl/α,β-unsaturated/α-hetero) is 1. The minimum Gasteiger partial charge on any atom is -0.493 e. The van der Waals surface area contributed by atoms with Gasteiger partial charge in [0.15, 0.2) is 5.78 Å². The second-order valence-electron chi connectivity index (χ2n) is 14.6. The van der Waals surface area contributed by atoms with Crippen LogP contribution in [0, 0.1) is 0 Å². The van der Waals surface area contributed by atoms with Crippen molar-refractivity contribution in [2.75, 3.05) is 18.1 Å². The van der Waals surface area contributed by atoms with Crippen LogP contribution in [0.1, 0.15) is 36.7 Å². The maximum absolute atomic E-state index is 12.6. The summed E-state index contributed by atoms with van der Waals surface area (Å²) in [5.74, 6) is -1.51. The van der Waals surface area contributed by atoms with Crippen molar-refractivity contribution >= 4 is 58.5 Å². The van der Waals surface area contributed by atoms with E-state index in [1.807, 2.05) is 42.5 Å². The van der Waals surface area contributed by atoms with E-state index < -0.39 is 72.8 Å². The first kappa shape index (κ1) is 53.4. The topological polar surface area (TPSA) is 233 Å². The molecular formula is C47H46Cl2N6O11S3. The van der Waals surface area contributed by atoms with E-state index in [4.69, 9.17) is 27.9 Å². The summed E-state index contributed by atoms with van der Waals surface area (Å²) in [5.41, 5.74) is 0.976. The lowest BCUT2D eigenvalue weighted by Gasteiger charge is -2.08. The van der Waals surface area contributed by atoms with Gasteiger partial charge in [0, 0.05) is 72.4 Å². The van der Waals surface area contributed by atoms with Crippen molar-refractivity contribution in [3.8, 4) is 16.9 Å². The van der Waals surface area contributed by atoms with E-state index in [-0.39, 0.29) is 23.7 Å². The molecule has 0 radical (unpaired) electrons. The zero-order valence-electron chi connectivity index (χ0n) is 37.4. The summed E-state index contributed by atoms with van der Waals surface area (Å²) in [4.78, 5) is 59.4. The van der Waals surface area contributed by atoms with Gasteiger partial charge in [-0.1, -0.05) is 77.8 Å². The number of ether oxygens (including phenoxy) is 1. The highest BCUT2D eigenvalue weighted by molar-refractivity contribution is 7.92. The average molecular weight is 1040 g/mol. The monoisotopic (exact) mass is 1040 g/mol. The number of halogens is 2. The van der Waals surface area contributed by atoms with E-state index in [9.17, 15) is 44.4 Å². The highest BCUT2D eigenvalue weighted by atomic mass is 35.5. The third kappa shape index (κ3) is 14.5. The normalized spacial score (nSPS) is 11.4. The van der Waals surface area contributed by atoms with Crippen LogP contribution in [0.4, 0.5) is 0 Å². The third-order valence-electron chi connectivity index (χ3n) is 9.89. The van der Waals surface area contributed by atoms with Gasteiger partial charge in [-0.2, -0.15) is 0 Å². The molecule has 4 aromatic carbocycles. The highest BCUT2D eigenvalue weighted by Gasteiger charge is 2.26. The maximum Gasteiger partial charge on any atom is 0.288 e. The second kappa shape index (κ2) is 24.1. The number of aromatic nitrogens is 6. The van der Waals surface area contributed by atoms with Crippen molar-refractivity contribution in [2.45, 2.75) is 61.2 Å². The van der Waals surface area contributed by atoms with E-state index in [0.29, 0.717) is 41.0 Å². The largest absolute Gasteiger partial charge is 0.493 e. The lowest BCUT2D eigenvalue weighted by Crippen LogP contribution is -2.29. The fourth-order valence-electron chi connectivity index (χ4n) is 6.24. The summed E-state index contributed by atoms with van der Waals surface area (Å²) >= 11 is 11.5. The van der Waals surface area contributed by atoms with Crippen molar-refractivity contribution in [1.29, 1.82) is 0 Å². The van der Waals surface area contributed by atoms with E-state index in [1.165, 1.54) is 75.1 Å². The maximum atomic E-state index is 12.6. The van der Waals surface area contributed by atoms with Gasteiger partial charge in [-0.15, -0.1) is 0 Å². The predicted octanol–water partition coefficient (Wildman–Crippen LogP) is 6.25. The lowest BCUT2D eigenvalue weighted by molar-refractivity contribution is 0.102. The molecular weight excluding hydrogens is 992 g/mol. The van der Waals surface area contributed by atoms with Gasteiger partial charge in [0.1, 0.15) is 18.1 Å². The Morgan fingerprint density at radius 2 is 0.957 bits per heavy atom. The number of nitrogens with zero attached hydrogens (tertiary/aromatic N) is 6. The molecule has 0 aliphatic carbocycles. The Kier molecular flexibility index (Phi) is 18.7. The number of rotatable bonds is 16. The van der Waals surface area contributed by atoms with Crippen LogP contribution >= 0.6 is 23.2 Å². The molecule has 0 aliphatic heterocycles. The number of ketones is 1. The molecule has 0 fully saturated rings. The molecule has 0 saturated carbocycles. The molecule has 0 aliphatic rings. The zero-order chi connectivity index (χ0) is 50.4. The minimum absolute atomic E-state index is 0.0773. The summed E-state index contributed by atoms with van der Waals surface area (Å²) in [6.07, 6.45) is 8.20. The molecule has 362 valence electrons. The van der Waals surface area contributed by atoms with Crippen LogP contribution in [0.15, 0.2) is 170 Å². The van der Waals surface area contributed by atoms with Crippen molar-refractivity contribution in [1.82, 2.24) is 28.7 Å². The van der Waals surface area contributed by atoms with Crippen LogP contribution in [-0.4, -0.2) is 77.8 Å². The Morgan fingerprint density at radius 1 is 0.536 bits per heavy atom. The van der Waals surface area contributed by atoms with Crippen LogP contribution in [0.25, 0.3) is 11.1 Å². The number of aryl methyl sites for hydroxylation is 3. The molecule has 69 heavy (non-hydrogen) atoms. The summed E-state index contributed by atoms with van der Waals surface area (Å²) in [6, 6.07) is 29.5. The van der Waals surface area contributed by atoms with Gasteiger partial charge in [-0.3, -0.25) is 19.2 Å². The Hall–Kier alpha value is -6.58. The van der Waals surface area contributed by atoms with Gasteiger partial charge < -0.3 is 18.4 Å². The molecule has 0 N–H and O–H groups in total. The molecule has 3 aromatic heterocycles. The van der Waals surface area contributed by atoms with E-state index in [2.05, 4.69) is 15.0 Å². The van der Waals surface area contributed by atoms with Gasteiger partial charge >= 0.3 is 0 Å². The molecule has 3 heterocycles. The van der Waals surface area contributed by atoms with Crippen LogP contribution < -0.4 is 21.4 Å². The summed E-state index contributed by atoms with van der Waals surface area (Å²) < 4.78 is 83.2. The third-order valence-corrected chi connectivity index (χ3v) is 15.1. The molecule has 0 saturated heterocycles. The van der Waals surface area contributed by atoms with Gasteiger partial charge in [-0.05, 0) is 86.0 Å². The number of hydrogen-bond donors (Lipinski definition) is 0. The van der Waals surface area contributed by atoms with Crippen molar-refractivity contribution < 1.29 is 34.8 Å². The van der Waals surface area contributed by atoms with E-state index in [0.717, 1.165) is 11.1 Å². The quantitative estimate of drug-likeness (QED) is 0.0975. The summed E-state index contributed by atoms with van der Waals surface area (Å²) in [7, 11) is -11.7. The van der Waals surface area contributed by atoms with Crippen LogP contribution in [0.3, 0.4) is 0 Å². The van der Waals surface area contributed by atoms with E-state index in [1.54, 1.807) is 57.2 Å². The Morgan fingerprint density at radius 3 is 1.42 bits per heavy atom. The molecule has 7 aromatic rings. The SMILES string of the molecule is CCn1ccnc(S(=O)(=O)CC(=O)c2ccc(Cl)cc2)c1=O.CCn1ccnc(S(=O)(=O)CCOc2ccc(Cl)cc2)c1=O.CCn1ccnc(S(=O)(=O)Cc2ccc(-c3ccccc3)cc2)c1=O. The molecule has 0 amide bonds. The first-order valence-corrected chi connectivity index (χ1v) is 26.7. The number of carbonyl (C=O) groups excluding carboxylic acids is 1. The minimum atomic E-state index is -4.11. The van der Waals surface area contributed by atoms with E-state index >= 15 is 0 Å². The summed E-state index contributed by atoms with van der Waals surface area (Å²) in [6.45, 7) is 6.25. The Labute approximate surface area is 408 Å². The molecule has 0 unspecified atom stereocenters. The second-order valence-corrected chi connectivity index (χ2v) is 21.3. The predicted molar refractivity (Wildman–Crippen MR) is 262 cm³/mol. The standard InChI is InChI=1S/C19H18N2O3S.C14H15ClN2O4S.C14H13ClN2O4S/c1-2-21-13-12-20-18(19(21)22)25(23,24)14-15-8-10-17(11-9-15)16-6-4-3-5-7-16;1-2-17-8-7-16-13(14(17)18)22(19,20)10-9-21-12-5-3-11(15)4-6-12;1-2-17-8-7-16-13(14(17)19)22(20,21)9-12(18)10-3-5-11(15)6-4-10/h3-13H,2,14H2,1H3;3-8H,2,9-10H2,1H3;3-8H,2,9H2,1H3. The van der Waals surface area contributed by atoms with Gasteiger partial charge in [0.25, 0.3) is 16.7 Å². The smallest absolute Gasteiger partial charge is 0.288 e. The van der Waals surface area contributed by atoms with Gasteiger partial charge in [0.2, 0.25) is 44.6 Å².